The van der Waals surface area contributed by atoms with Gasteiger partial charge in [-0.25, -0.2) is 4.98 Å². The van der Waals surface area contributed by atoms with Crippen molar-refractivity contribution in [1.29, 1.82) is 0 Å². The fourth-order valence-electron chi connectivity index (χ4n) is 3.64. The topological polar surface area (TPSA) is 45.7 Å². The number of aromatic nitrogens is 1. The average Bonchev–Trinajstić information content (AvgIpc) is 3.19. The molecule has 0 saturated carbocycles. The first-order chi connectivity index (χ1) is 14.7. The van der Waals surface area contributed by atoms with Crippen LogP contribution < -0.4 is 4.90 Å². The Morgan fingerprint density at radius 1 is 1.17 bits per heavy atom. The van der Waals surface area contributed by atoms with Crippen molar-refractivity contribution >= 4 is 48.5 Å². The van der Waals surface area contributed by atoms with Gasteiger partial charge in [-0.15, -0.1) is 0 Å². The highest BCUT2D eigenvalue weighted by Gasteiger charge is 2.20. The molecule has 3 aromatic rings. The van der Waals surface area contributed by atoms with Gasteiger partial charge in [0.25, 0.3) is 0 Å². The minimum absolute atomic E-state index is 0.138. The van der Waals surface area contributed by atoms with Gasteiger partial charge in [0.15, 0.2) is 5.13 Å². The zero-order valence-corrected chi connectivity index (χ0v) is 19.3. The van der Waals surface area contributed by atoms with Crippen LogP contribution >= 0.6 is 27.3 Å². The van der Waals surface area contributed by atoms with Gasteiger partial charge in [0.05, 0.1) is 23.4 Å². The van der Waals surface area contributed by atoms with Gasteiger partial charge in [0.2, 0.25) is 5.91 Å². The highest BCUT2D eigenvalue weighted by atomic mass is 79.9. The number of ether oxygens (including phenoxy) is 1. The van der Waals surface area contributed by atoms with E-state index in [-0.39, 0.29) is 5.91 Å². The first-order valence-corrected chi connectivity index (χ1v) is 12.0. The number of anilines is 1. The summed E-state index contributed by atoms with van der Waals surface area (Å²) >= 11 is 5.11. The molecule has 5 nitrogen and oxygen atoms in total. The number of morpholine rings is 1. The third-order valence-corrected chi connectivity index (χ3v) is 6.84. The molecule has 0 spiro atoms. The van der Waals surface area contributed by atoms with E-state index < -0.39 is 0 Å². The Morgan fingerprint density at radius 3 is 2.77 bits per heavy atom. The minimum atomic E-state index is 0.138. The predicted molar refractivity (Wildman–Crippen MR) is 126 cm³/mol. The van der Waals surface area contributed by atoms with Crippen molar-refractivity contribution < 1.29 is 9.53 Å². The fourth-order valence-corrected chi connectivity index (χ4v) is 5.20. The molecule has 1 fully saturated rings. The van der Waals surface area contributed by atoms with Crippen molar-refractivity contribution in [1.82, 2.24) is 9.88 Å². The third kappa shape index (κ3) is 5.66. The zero-order valence-electron chi connectivity index (χ0n) is 16.9. The van der Waals surface area contributed by atoms with Crippen molar-refractivity contribution in [3.05, 3.63) is 58.6 Å². The molecule has 0 N–H and O–H groups in total. The predicted octanol–water partition coefficient (Wildman–Crippen LogP) is 4.75. The Labute approximate surface area is 189 Å². The molecule has 4 rings (SSSR count). The van der Waals surface area contributed by atoms with Crippen molar-refractivity contribution in [3.63, 3.8) is 0 Å². The average molecular weight is 488 g/mol. The van der Waals surface area contributed by atoms with E-state index >= 15 is 0 Å². The molecule has 7 heteroatoms. The van der Waals surface area contributed by atoms with Gasteiger partial charge in [0, 0.05) is 37.1 Å². The lowest BCUT2D eigenvalue weighted by molar-refractivity contribution is -0.118. The summed E-state index contributed by atoms with van der Waals surface area (Å²) in [5, 5.41) is 0.795. The van der Waals surface area contributed by atoms with Gasteiger partial charge in [-0.05, 0) is 36.6 Å². The molecule has 2 heterocycles. The number of halogens is 1. The molecule has 1 amide bonds. The first kappa shape index (κ1) is 21.4. The second-order valence-electron chi connectivity index (χ2n) is 7.45. The van der Waals surface area contributed by atoms with Crippen LogP contribution in [-0.2, 0) is 16.0 Å². The summed E-state index contributed by atoms with van der Waals surface area (Å²) in [6.07, 6.45) is 2.16. The molecule has 158 valence electrons. The summed E-state index contributed by atoms with van der Waals surface area (Å²) in [6.45, 7) is 5.20. The molecule has 1 saturated heterocycles. The molecule has 0 atom stereocenters. The summed E-state index contributed by atoms with van der Waals surface area (Å²) in [5.41, 5.74) is 2.12. The van der Waals surface area contributed by atoms with Gasteiger partial charge < -0.3 is 4.74 Å². The van der Waals surface area contributed by atoms with E-state index in [9.17, 15) is 4.79 Å². The number of fused-ring (bicyclic) bond motifs is 1. The van der Waals surface area contributed by atoms with Crippen LogP contribution in [0.4, 0.5) is 5.13 Å². The Hall–Kier alpha value is -1.80. The van der Waals surface area contributed by atoms with Gasteiger partial charge in [-0.3, -0.25) is 14.6 Å². The number of carbonyl (C=O) groups is 1. The summed E-state index contributed by atoms with van der Waals surface area (Å²) in [7, 11) is 0. The molecule has 0 unspecified atom stereocenters. The van der Waals surface area contributed by atoms with E-state index in [2.05, 4.69) is 39.0 Å². The quantitative estimate of drug-likeness (QED) is 0.459. The van der Waals surface area contributed by atoms with E-state index in [4.69, 9.17) is 9.72 Å². The van der Waals surface area contributed by atoms with Crippen LogP contribution in [0, 0.1) is 0 Å². The largest absolute Gasteiger partial charge is 0.379 e. The van der Waals surface area contributed by atoms with Crippen LogP contribution in [0.2, 0.25) is 0 Å². The van der Waals surface area contributed by atoms with E-state index in [0.29, 0.717) is 13.0 Å². The van der Waals surface area contributed by atoms with Gasteiger partial charge in [-0.1, -0.05) is 57.6 Å². The van der Waals surface area contributed by atoms with E-state index in [0.717, 1.165) is 65.5 Å². The molecular formula is C23H26BrN3O2S. The lowest BCUT2D eigenvalue weighted by Crippen LogP contribution is -2.39. The van der Waals surface area contributed by atoms with Crippen LogP contribution in [0.3, 0.4) is 0 Å². The maximum Gasteiger partial charge on any atom is 0.229 e. The fraction of sp³-hybridized carbons (Fsp3) is 0.391. The molecule has 2 aromatic carbocycles. The normalized spacial score (nSPS) is 14.8. The number of carbonyl (C=O) groups excluding carboxylic acids is 1. The standard InChI is InChI=1S/C23H26BrN3O2S/c24-19-8-9-20-21(17-19)30-23(25-20)27(12-4-11-26-13-15-29-16-14-26)22(28)10-7-18-5-2-1-3-6-18/h1-3,5-6,8-9,17H,4,7,10-16H2. The van der Waals surface area contributed by atoms with Crippen LogP contribution in [-0.4, -0.2) is 55.2 Å². The lowest BCUT2D eigenvalue weighted by Gasteiger charge is -2.27. The number of amides is 1. The second kappa shape index (κ2) is 10.5. The number of hydrogen-bond donors (Lipinski definition) is 0. The molecule has 0 aliphatic carbocycles. The molecule has 1 aliphatic rings. The monoisotopic (exact) mass is 487 g/mol. The van der Waals surface area contributed by atoms with Crippen LogP contribution in [0.15, 0.2) is 53.0 Å². The minimum Gasteiger partial charge on any atom is -0.379 e. The van der Waals surface area contributed by atoms with E-state index in [1.165, 1.54) is 5.56 Å². The molecule has 30 heavy (non-hydrogen) atoms. The highest BCUT2D eigenvalue weighted by Crippen LogP contribution is 2.31. The maximum absolute atomic E-state index is 13.2. The Bertz CT molecular complexity index is 973. The van der Waals surface area contributed by atoms with Gasteiger partial charge in [-0.2, -0.15) is 0 Å². The van der Waals surface area contributed by atoms with Crippen molar-refractivity contribution in [3.8, 4) is 0 Å². The molecule has 0 radical (unpaired) electrons. The lowest BCUT2D eigenvalue weighted by atomic mass is 10.1. The highest BCUT2D eigenvalue weighted by molar-refractivity contribution is 9.10. The molecule has 0 bridgehead atoms. The maximum atomic E-state index is 13.2. The van der Waals surface area contributed by atoms with Gasteiger partial charge >= 0.3 is 0 Å². The summed E-state index contributed by atoms with van der Waals surface area (Å²) in [4.78, 5) is 22.3. The molecular weight excluding hydrogens is 462 g/mol. The Balaban J connectivity index is 1.46. The smallest absolute Gasteiger partial charge is 0.229 e. The number of nitrogens with zero attached hydrogens (tertiary/aromatic N) is 3. The number of hydrogen-bond acceptors (Lipinski definition) is 5. The van der Waals surface area contributed by atoms with Crippen molar-refractivity contribution in [2.75, 3.05) is 44.3 Å². The number of rotatable bonds is 8. The molecule has 1 aromatic heterocycles. The number of benzene rings is 2. The first-order valence-electron chi connectivity index (χ1n) is 10.4. The van der Waals surface area contributed by atoms with Crippen LogP contribution in [0.1, 0.15) is 18.4 Å². The molecule has 1 aliphatic heterocycles. The van der Waals surface area contributed by atoms with Crippen LogP contribution in [0.5, 0.6) is 0 Å². The SMILES string of the molecule is O=C(CCc1ccccc1)N(CCCN1CCOCC1)c1nc2ccc(Br)cc2s1. The van der Waals surface area contributed by atoms with Crippen molar-refractivity contribution in [2.45, 2.75) is 19.3 Å². The summed E-state index contributed by atoms with van der Waals surface area (Å²) in [6, 6.07) is 16.2. The second-order valence-corrected chi connectivity index (χ2v) is 9.37. The summed E-state index contributed by atoms with van der Waals surface area (Å²) in [5.74, 6) is 0.138. The Morgan fingerprint density at radius 2 is 1.97 bits per heavy atom. The van der Waals surface area contributed by atoms with Gasteiger partial charge in [0.1, 0.15) is 0 Å². The van der Waals surface area contributed by atoms with E-state index in [1.54, 1.807) is 11.3 Å². The van der Waals surface area contributed by atoms with Crippen LogP contribution in [0.25, 0.3) is 10.2 Å². The van der Waals surface area contributed by atoms with E-state index in [1.807, 2.05) is 35.2 Å². The number of thiazole rings is 1. The zero-order chi connectivity index (χ0) is 20.8. The third-order valence-electron chi connectivity index (χ3n) is 5.30. The Kier molecular flexibility index (Phi) is 7.49. The number of aryl methyl sites for hydroxylation is 1. The summed E-state index contributed by atoms with van der Waals surface area (Å²) < 4.78 is 7.55. The van der Waals surface area contributed by atoms with Crippen molar-refractivity contribution in [2.24, 2.45) is 0 Å².